The second-order valence-electron chi connectivity index (χ2n) is 5.98. The van der Waals surface area contributed by atoms with Crippen LogP contribution < -0.4 is 5.73 Å². The fourth-order valence-corrected chi connectivity index (χ4v) is 3.73. The van der Waals surface area contributed by atoms with Gasteiger partial charge in [0.25, 0.3) is 0 Å². The molecule has 1 aromatic rings. The van der Waals surface area contributed by atoms with E-state index in [1.807, 2.05) is 0 Å². The summed E-state index contributed by atoms with van der Waals surface area (Å²) in [6, 6.07) is 2.70. The highest BCUT2D eigenvalue weighted by molar-refractivity contribution is 5.77. The summed E-state index contributed by atoms with van der Waals surface area (Å²) < 4.78 is 0. The predicted octanol–water partition coefficient (Wildman–Crippen LogP) is 3.82. The van der Waals surface area contributed by atoms with Crippen molar-refractivity contribution >= 4 is 5.57 Å². The van der Waals surface area contributed by atoms with Crippen molar-refractivity contribution in [3.05, 3.63) is 39.5 Å². The highest BCUT2D eigenvalue weighted by atomic mass is 14.6. The van der Waals surface area contributed by atoms with E-state index >= 15 is 0 Å². The van der Waals surface area contributed by atoms with Crippen molar-refractivity contribution < 1.29 is 0 Å². The molecule has 0 heterocycles. The summed E-state index contributed by atoms with van der Waals surface area (Å²) in [5.41, 5.74) is 17.0. The third-order valence-electron chi connectivity index (χ3n) is 4.98. The smallest absolute Gasteiger partial charge is 0.0262 e. The minimum Gasteiger partial charge on any atom is -0.324 e. The number of hydrogen-bond donors (Lipinski definition) is 1. The Morgan fingerprint density at radius 1 is 1.06 bits per heavy atom. The van der Waals surface area contributed by atoms with Gasteiger partial charge in [0, 0.05) is 6.04 Å². The van der Waals surface area contributed by atoms with Gasteiger partial charge in [0.05, 0.1) is 0 Å². The van der Waals surface area contributed by atoms with Crippen LogP contribution >= 0.6 is 0 Å². The standard InChI is InChI=1S/C17H23N/c1-10-9-13-7-8-16(18)14-5-4-6-15(14)17(13)12(3)11(10)2/h9,16H,4-8,18H2,1-3H3. The van der Waals surface area contributed by atoms with E-state index in [9.17, 15) is 0 Å². The number of nitrogens with two attached hydrogens (primary N) is 1. The van der Waals surface area contributed by atoms with Crippen LogP contribution in [0.3, 0.4) is 0 Å². The van der Waals surface area contributed by atoms with Crippen LogP contribution in [0.25, 0.3) is 5.57 Å². The van der Waals surface area contributed by atoms with Gasteiger partial charge in [-0.2, -0.15) is 0 Å². The largest absolute Gasteiger partial charge is 0.324 e. The van der Waals surface area contributed by atoms with E-state index in [4.69, 9.17) is 5.73 Å². The second-order valence-corrected chi connectivity index (χ2v) is 5.98. The van der Waals surface area contributed by atoms with Gasteiger partial charge in [-0.05, 0) is 91.8 Å². The molecule has 0 spiro atoms. The molecule has 1 aromatic carbocycles. The molecule has 0 bridgehead atoms. The van der Waals surface area contributed by atoms with Crippen LogP contribution in [0.2, 0.25) is 0 Å². The molecule has 18 heavy (non-hydrogen) atoms. The van der Waals surface area contributed by atoms with Crippen LogP contribution in [0.4, 0.5) is 0 Å². The Morgan fingerprint density at radius 2 is 1.83 bits per heavy atom. The molecule has 0 fully saturated rings. The first-order valence-electron chi connectivity index (χ1n) is 7.17. The molecule has 3 rings (SSSR count). The topological polar surface area (TPSA) is 26.0 Å². The van der Waals surface area contributed by atoms with Crippen LogP contribution in [-0.4, -0.2) is 6.04 Å². The van der Waals surface area contributed by atoms with E-state index in [0.29, 0.717) is 6.04 Å². The third-order valence-corrected chi connectivity index (χ3v) is 4.98. The van der Waals surface area contributed by atoms with Gasteiger partial charge in [0.2, 0.25) is 0 Å². The number of hydrogen-bond acceptors (Lipinski definition) is 1. The van der Waals surface area contributed by atoms with Gasteiger partial charge >= 0.3 is 0 Å². The zero-order valence-corrected chi connectivity index (χ0v) is 11.8. The molecule has 2 aliphatic carbocycles. The zero-order chi connectivity index (χ0) is 12.9. The molecule has 0 radical (unpaired) electrons. The molecule has 0 aliphatic heterocycles. The van der Waals surface area contributed by atoms with Crippen molar-refractivity contribution in [1.82, 2.24) is 0 Å². The minimum absolute atomic E-state index is 0.301. The number of fused-ring (bicyclic) bond motifs is 2. The number of benzene rings is 1. The van der Waals surface area contributed by atoms with Crippen molar-refractivity contribution in [3.8, 4) is 0 Å². The van der Waals surface area contributed by atoms with E-state index in [1.54, 1.807) is 16.7 Å². The maximum Gasteiger partial charge on any atom is 0.0262 e. The second kappa shape index (κ2) is 4.24. The summed E-state index contributed by atoms with van der Waals surface area (Å²) in [6.07, 6.45) is 6.02. The quantitative estimate of drug-likeness (QED) is 0.734. The van der Waals surface area contributed by atoms with Crippen molar-refractivity contribution in [3.63, 3.8) is 0 Å². The van der Waals surface area contributed by atoms with Crippen molar-refractivity contribution in [2.24, 2.45) is 5.73 Å². The summed E-state index contributed by atoms with van der Waals surface area (Å²) >= 11 is 0. The molecule has 2 N–H and O–H groups in total. The van der Waals surface area contributed by atoms with Gasteiger partial charge in [-0.15, -0.1) is 0 Å². The summed E-state index contributed by atoms with van der Waals surface area (Å²) in [6.45, 7) is 6.78. The third kappa shape index (κ3) is 1.65. The first kappa shape index (κ1) is 12.0. The van der Waals surface area contributed by atoms with Gasteiger partial charge < -0.3 is 5.73 Å². The van der Waals surface area contributed by atoms with E-state index in [-0.39, 0.29) is 0 Å². The lowest BCUT2D eigenvalue weighted by molar-refractivity contribution is 0.671. The zero-order valence-electron chi connectivity index (χ0n) is 11.8. The normalized spacial score (nSPS) is 22.8. The molecule has 0 aromatic heterocycles. The lowest BCUT2D eigenvalue weighted by Crippen LogP contribution is -2.22. The van der Waals surface area contributed by atoms with Crippen LogP contribution in [0.1, 0.15) is 53.5 Å². The summed E-state index contributed by atoms with van der Waals surface area (Å²) in [4.78, 5) is 0. The summed E-state index contributed by atoms with van der Waals surface area (Å²) in [7, 11) is 0. The van der Waals surface area contributed by atoms with Crippen LogP contribution in [-0.2, 0) is 6.42 Å². The molecule has 1 atom stereocenters. The fraction of sp³-hybridized carbons (Fsp3) is 0.529. The molecular weight excluding hydrogens is 218 g/mol. The average molecular weight is 241 g/mol. The highest BCUT2D eigenvalue weighted by Crippen LogP contribution is 2.42. The number of aryl methyl sites for hydroxylation is 2. The maximum atomic E-state index is 6.37. The SMILES string of the molecule is Cc1cc2c(c(C)c1C)C1=C(CCC1)C(N)CC2. The van der Waals surface area contributed by atoms with Gasteiger partial charge in [-0.3, -0.25) is 0 Å². The fourth-order valence-electron chi connectivity index (χ4n) is 3.73. The molecule has 1 nitrogen and oxygen atoms in total. The van der Waals surface area contributed by atoms with Crippen LogP contribution in [0.5, 0.6) is 0 Å². The van der Waals surface area contributed by atoms with Crippen molar-refractivity contribution in [2.45, 2.75) is 58.9 Å². The van der Waals surface area contributed by atoms with Crippen molar-refractivity contribution in [2.75, 3.05) is 0 Å². The van der Waals surface area contributed by atoms with Gasteiger partial charge in [0.15, 0.2) is 0 Å². The Kier molecular flexibility index (Phi) is 2.82. The van der Waals surface area contributed by atoms with Gasteiger partial charge in [-0.1, -0.05) is 6.07 Å². The molecule has 0 amide bonds. The lowest BCUT2D eigenvalue weighted by Gasteiger charge is -2.17. The number of rotatable bonds is 0. The Bertz CT molecular complexity index is 537. The summed E-state index contributed by atoms with van der Waals surface area (Å²) in [5, 5.41) is 0. The molecule has 0 saturated heterocycles. The van der Waals surface area contributed by atoms with E-state index in [1.165, 1.54) is 41.5 Å². The first-order valence-corrected chi connectivity index (χ1v) is 7.17. The van der Waals surface area contributed by atoms with Crippen molar-refractivity contribution in [1.29, 1.82) is 0 Å². The van der Waals surface area contributed by atoms with Crippen LogP contribution in [0.15, 0.2) is 11.6 Å². The minimum atomic E-state index is 0.301. The van der Waals surface area contributed by atoms with Gasteiger partial charge in [-0.25, -0.2) is 0 Å². The van der Waals surface area contributed by atoms with Crippen LogP contribution in [0, 0.1) is 20.8 Å². The number of allylic oxidation sites excluding steroid dienone is 1. The monoisotopic (exact) mass is 241 g/mol. The molecule has 0 saturated carbocycles. The Hall–Kier alpha value is -1.08. The highest BCUT2D eigenvalue weighted by Gasteiger charge is 2.27. The Morgan fingerprint density at radius 3 is 2.61 bits per heavy atom. The summed E-state index contributed by atoms with van der Waals surface area (Å²) in [5.74, 6) is 0. The molecule has 96 valence electrons. The first-order chi connectivity index (χ1) is 8.59. The Labute approximate surface area is 110 Å². The van der Waals surface area contributed by atoms with Gasteiger partial charge in [0.1, 0.15) is 0 Å². The van der Waals surface area contributed by atoms with E-state index in [2.05, 4.69) is 26.8 Å². The maximum absolute atomic E-state index is 6.37. The van der Waals surface area contributed by atoms with E-state index in [0.717, 1.165) is 12.8 Å². The molecular formula is C17H23N. The Balaban J connectivity index is 2.27. The average Bonchev–Trinajstić information content (AvgIpc) is 2.77. The molecule has 1 heteroatoms. The lowest BCUT2D eigenvalue weighted by atomic mass is 9.88. The predicted molar refractivity (Wildman–Crippen MR) is 77.7 cm³/mol. The molecule has 2 aliphatic rings. The van der Waals surface area contributed by atoms with E-state index < -0.39 is 0 Å². The molecule has 1 unspecified atom stereocenters.